The third kappa shape index (κ3) is 2.47. The average Bonchev–Trinajstić information content (AvgIpc) is 2.48. The van der Waals surface area contributed by atoms with Gasteiger partial charge in [-0.3, -0.25) is 0 Å². The van der Waals surface area contributed by atoms with Crippen LogP contribution in [0.5, 0.6) is 0 Å². The van der Waals surface area contributed by atoms with Gasteiger partial charge in [-0.25, -0.2) is 0 Å². The molecule has 0 aliphatic carbocycles. The highest BCUT2D eigenvalue weighted by atomic mass is 31.2. The molecule has 0 saturated carbocycles. The monoisotopic (exact) mass is 271 g/mol. The Morgan fingerprint density at radius 2 is 1.16 bits per heavy atom. The van der Waals surface area contributed by atoms with Crippen LogP contribution in [0, 0.1) is 0 Å². The molecule has 0 bridgehead atoms. The van der Waals surface area contributed by atoms with Gasteiger partial charge in [-0.15, -0.1) is 0 Å². The summed E-state index contributed by atoms with van der Waals surface area (Å²) in [4.78, 5) is 0. The second-order valence-corrected chi connectivity index (χ2v) is 10.1. The standard InChI is InChI=1S/C18H24P/c1-5-18(2,3)19(4,16-12-8-6-9-13-16)17-14-10-7-11-15-17/h6-15H,5H2,1-4H3/q+1. The lowest BCUT2D eigenvalue weighted by Gasteiger charge is -2.37. The van der Waals surface area contributed by atoms with Gasteiger partial charge in [0.2, 0.25) is 0 Å². The fraction of sp³-hybridized carbons (Fsp3) is 0.333. The highest BCUT2D eigenvalue weighted by Gasteiger charge is 2.50. The van der Waals surface area contributed by atoms with E-state index in [-0.39, 0.29) is 0 Å². The molecule has 19 heavy (non-hydrogen) atoms. The van der Waals surface area contributed by atoms with Gasteiger partial charge in [-0.1, -0.05) is 43.3 Å². The van der Waals surface area contributed by atoms with Crippen molar-refractivity contribution in [3.8, 4) is 0 Å². The van der Waals surface area contributed by atoms with E-state index in [9.17, 15) is 0 Å². The molecule has 2 rings (SSSR count). The maximum absolute atomic E-state index is 2.49. The van der Waals surface area contributed by atoms with Crippen molar-refractivity contribution in [2.45, 2.75) is 32.3 Å². The van der Waals surface area contributed by atoms with Crippen molar-refractivity contribution < 1.29 is 0 Å². The summed E-state index contributed by atoms with van der Waals surface area (Å²) >= 11 is 0. The normalized spacial score (nSPS) is 12.4. The van der Waals surface area contributed by atoms with E-state index in [2.05, 4.69) is 88.1 Å². The molecule has 0 N–H and O–H groups in total. The largest absolute Gasteiger partial charge is 0.0994 e. The van der Waals surface area contributed by atoms with E-state index in [0.29, 0.717) is 5.16 Å². The van der Waals surface area contributed by atoms with Gasteiger partial charge in [0.15, 0.2) is 0 Å². The van der Waals surface area contributed by atoms with Gasteiger partial charge in [0.05, 0.1) is 29.7 Å². The molecule has 0 heterocycles. The lowest BCUT2D eigenvalue weighted by Crippen LogP contribution is -2.37. The van der Waals surface area contributed by atoms with E-state index < -0.39 is 7.26 Å². The van der Waals surface area contributed by atoms with Crippen molar-refractivity contribution in [3.63, 3.8) is 0 Å². The van der Waals surface area contributed by atoms with Crippen LogP contribution in [-0.4, -0.2) is 11.8 Å². The predicted molar refractivity (Wildman–Crippen MR) is 89.4 cm³/mol. The van der Waals surface area contributed by atoms with Crippen LogP contribution in [0.15, 0.2) is 60.7 Å². The topological polar surface area (TPSA) is 0 Å². The Morgan fingerprint density at radius 3 is 1.47 bits per heavy atom. The predicted octanol–water partition coefficient (Wildman–Crippen LogP) is 4.47. The number of hydrogen-bond acceptors (Lipinski definition) is 0. The Balaban J connectivity index is 2.65. The molecule has 0 amide bonds. The highest BCUT2D eigenvalue weighted by molar-refractivity contribution is 7.90. The van der Waals surface area contributed by atoms with Crippen LogP contribution in [0.3, 0.4) is 0 Å². The quantitative estimate of drug-likeness (QED) is 0.720. The lowest BCUT2D eigenvalue weighted by molar-refractivity contribution is 0.669. The van der Waals surface area contributed by atoms with Crippen molar-refractivity contribution >= 4 is 17.9 Å². The van der Waals surface area contributed by atoms with E-state index in [4.69, 9.17) is 0 Å². The zero-order valence-corrected chi connectivity index (χ0v) is 13.3. The minimum absolute atomic E-state index is 0.315. The van der Waals surface area contributed by atoms with Crippen LogP contribution in [0.2, 0.25) is 0 Å². The summed E-state index contributed by atoms with van der Waals surface area (Å²) < 4.78 is 0. The first-order chi connectivity index (χ1) is 9.02. The van der Waals surface area contributed by atoms with Gasteiger partial charge in [0.25, 0.3) is 0 Å². The van der Waals surface area contributed by atoms with Crippen molar-refractivity contribution in [1.82, 2.24) is 0 Å². The fourth-order valence-corrected chi connectivity index (χ4v) is 6.48. The summed E-state index contributed by atoms with van der Waals surface area (Å²) in [7, 11) is -1.38. The van der Waals surface area contributed by atoms with E-state index in [1.165, 1.54) is 17.0 Å². The van der Waals surface area contributed by atoms with Gasteiger partial charge >= 0.3 is 0 Å². The summed E-state index contributed by atoms with van der Waals surface area (Å²) in [5.74, 6) is 0. The lowest BCUT2D eigenvalue weighted by atomic mass is 10.1. The molecule has 0 saturated heterocycles. The Kier molecular flexibility index (Phi) is 4.11. The van der Waals surface area contributed by atoms with E-state index >= 15 is 0 Å². The molecule has 0 aliphatic heterocycles. The zero-order chi connectivity index (χ0) is 13.9. The second kappa shape index (κ2) is 5.47. The van der Waals surface area contributed by atoms with Gasteiger partial charge in [-0.2, -0.15) is 0 Å². The summed E-state index contributed by atoms with van der Waals surface area (Å²) in [5.41, 5.74) is 0. The molecular weight excluding hydrogens is 247 g/mol. The molecule has 100 valence electrons. The second-order valence-electron chi connectivity index (χ2n) is 5.84. The zero-order valence-electron chi connectivity index (χ0n) is 12.4. The van der Waals surface area contributed by atoms with E-state index in [0.717, 1.165) is 0 Å². The molecule has 1 heteroatoms. The molecule has 0 radical (unpaired) electrons. The van der Waals surface area contributed by atoms with Crippen molar-refractivity contribution in [1.29, 1.82) is 0 Å². The van der Waals surface area contributed by atoms with Gasteiger partial charge in [0.1, 0.15) is 0 Å². The van der Waals surface area contributed by atoms with Crippen molar-refractivity contribution in [2.24, 2.45) is 0 Å². The minimum Gasteiger partial charge on any atom is -0.0620 e. The summed E-state index contributed by atoms with van der Waals surface area (Å²) in [6.45, 7) is 9.63. The highest BCUT2D eigenvalue weighted by Crippen LogP contribution is 2.64. The molecular formula is C18H24P+. The first kappa shape index (κ1) is 14.3. The van der Waals surface area contributed by atoms with Crippen LogP contribution in [0.25, 0.3) is 0 Å². The van der Waals surface area contributed by atoms with Crippen molar-refractivity contribution in [2.75, 3.05) is 6.66 Å². The molecule has 2 aromatic rings. The SMILES string of the molecule is CCC(C)(C)[P+](C)(c1ccccc1)c1ccccc1. The van der Waals surface area contributed by atoms with E-state index in [1.54, 1.807) is 0 Å². The molecule has 0 nitrogen and oxygen atoms in total. The van der Waals surface area contributed by atoms with E-state index in [1.807, 2.05) is 0 Å². The fourth-order valence-electron chi connectivity index (χ4n) is 2.62. The van der Waals surface area contributed by atoms with Crippen molar-refractivity contribution in [3.05, 3.63) is 60.7 Å². The molecule has 0 atom stereocenters. The molecule has 2 aromatic carbocycles. The minimum atomic E-state index is -1.38. The first-order valence-corrected chi connectivity index (χ1v) is 9.24. The Morgan fingerprint density at radius 1 is 0.789 bits per heavy atom. The van der Waals surface area contributed by atoms with Gasteiger partial charge in [0, 0.05) is 0 Å². The summed E-state index contributed by atoms with van der Waals surface area (Å²) in [6.07, 6.45) is 1.20. The summed E-state index contributed by atoms with van der Waals surface area (Å²) in [6, 6.07) is 22.1. The average molecular weight is 271 g/mol. The molecule has 0 fully saturated rings. The van der Waals surface area contributed by atoms with Crippen LogP contribution >= 0.6 is 7.26 Å². The van der Waals surface area contributed by atoms with Crippen LogP contribution < -0.4 is 10.6 Å². The molecule has 0 spiro atoms. The molecule has 0 unspecified atom stereocenters. The molecule has 0 aromatic heterocycles. The van der Waals surface area contributed by atoms with Crippen LogP contribution in [-0.2, 0) is 0 Å². The van der Waals surface area contributed by atoms with Gasteiger partial charge < -0.3 is 0 Å². The maximum atomic E-state index is 2.49. The third-order valence-corrected chi connectivity index (χ3v) is 10.0. The Hall–Kier alpha value is -1.13. The maximum Gasteiger partial charge on any atom is 0.0994 e. The van der Waals surface area contributed by atoms with Crippen LogP contribution in [0.1, 0.15) is 27.2 Å². The summed E-state index contributed by atoms with van der Waals surface area (Å²) in [5, 5.41) is 3.33. The first-order valence-electron chi connectivity index (χ1n) is 7.00. The third-order valence-electron chi connectivity index (χ3n) is 4.62. The Bertz CT molecular complexity index is 474. The molecule has 0 aliphatic rings. The Labute approximate surface area is 118 Å². The number of hydrogen-bond donors (Lipinski definition) is 0. The number of benzene rings is 2. The van der Waals surface area contributed by atoms with Crippen LogP contribution in [0.4, 0.5) is 0 Å². The smallest absolute Gasteiger partial charge is 0.0620 e. The van der Waals surface area contributed by atoms with Gasteiger partial charge in [-0.05, 0) is 44.5 Å². The number of rotatable bonds is 4.